The van der Waals surface area contributed by atoms with E-state index in [9.17, 15) is 4.79 Å². The van der Waals surface area contributed by atoms with E-state index >= 15 is 0 Å². The van der Waals surface area contributed by atoms with Gasteiger partial charge in [0.15, 0.2) is 0 Å². The Bertz CT molecular complexity index is 624. The van der Waals surface area contributed by atoms with Crippen LogP contribution in [0.15, 0.2) is 18.2 Å². The lowest BCUT2D eigenvalue weighted by atomic mass is 9.97. The van der Waals surface area contributed by atoms with E-state index in [2.05, 4.69) is 18.3 Å². The summed E-state index contributed by atoms with van der Waals surface area (Å²) in [5, 5.41) is 3.67. The fraction of sp³-hybridized carbons (Fsp3) is 0.650. The van der Waals surface area contributed by atoms with Crippen molar-refractivity contribution < 1.29 is 14.3 Å². The zero-order valence-electron chi connectivity index (χ0n) is 16.0. The molecule has 2 aliphatic heterocycles. The van der Waals surface area contributed by atoms with Crippen molar-refractivity contribution in [2.24, 2.45) is 0 Å². The van der Waals surface area contributed by atoms with E-state index in [1.54, 1.807) is 7.11 Å². The molecule has 2 heterocycles. The maximum absolute atomic E-state index is 12.5. The highest BCUT2D eigenvalue weighted by atomic mass is 16.6. The number of aryl methyl sites for hydroxylation is 1. The van der Waals surface area contributed by atoms with Gasteiger partial charge in [0.25, 0.3) is 0 Å². The molecule has 2 atom stereocenters. The van der Waals surface area contributed by atoms with Crippen LogP contribution in [0.2, 0.25) is 0 Å². The smallest absolute Gasteiger partial charge is 0.410 e. The lowest BCUT2D eigenvalue weighted by Gasteiger charge is -2.40. The number of nitrogens with one attached hydrogen (secondary N) is 1. The summed E-state index contributed by atoms with van der Waals surface area (Å²) < 4.78 is 10.9. The molecule has 1 amide bonds. The molecule has 5 nitrogen and oxygen atoms in total. The van der Waals surface area contributed by atoms with Gasteiger partial charge in [0.1, 0.15) is 11.4 Å². The Balaban J connectivity index is 1.65. The standard InChI is InChI=1S/C20H30N2O3/c1-13-10-17(24-5)8-9-18(13)21-14-11-15-6-7-16(12-14)22(15)19(23)25-20(2,3)4/h8-10,14-16,21H,6-7,11-12H2,1-5H3. The zero-order chi connectivity index (χ0) is 18.2. The van der Waals surface area contributed by atoms with Gasteiger partial charge in [-0.15, -0.1) is 0 Å². The molecule has 0 radical (unpaired) electrons. The molecular weight excluding hydrogens is 316 g/mol. The molecular formula is C20H30N2O3. The van der Waals surface area contributed by atoms with Gasteiger partial charge in [-0.1, -0.05) is 0 Å². The molecule has 2 aliphatic rings. The summed E-state index contributed by atoms with van der Waals surface area (Å²) in [4.78, 5) is 14.5. The first-order chi connectivity index (χ1) is 11.8. The number of carbonyl (C=O) groups is 1. The second kappa shape index (κ2) is 6.77. The number of piperidine rings is 1. The normalized spacial score (nSPS) is 25.6. The highest BCUT2D eigenvalue weighted by Crippen LogP contribution is 2.38. The zero-order valence-corrected chi connectivity index (χ0v) is 16.0. The van der Waals surface area contributed by atoms with Gasteiger partial charge < -0.3 is 19.7 Å². The van der Waals surface area contributed by atoms with Crippen LogP contribution in [0.3, 0.4) is 0 Å². The molecule has 0 aromatic heterocycles. The molecule has 25 heavy (non-hydrogen) atoms. The second-order valence-corrected chi connectivity index (χ2v) is 8.27. The minimum atomic E-state index is -0.439. The van der Waals surface area contributed by atoms with Crippen molar-refractivity contribution >= 4 is 11.8 Å². The number of nitrogens with zero attached hydrogens (tertiary/aromatic N) is 1. The van der Waals surface area contributed by atoms with Crippen molar-refractivity contribution in [3.8, 4) is 5.75 Å². The molecule has 2 bridgehead atoms. The van der Waals surface area contributed by atoms with Crippen molar-refractivity contribution in [1.82, 2.24) is 4.90 Å². The number of rotatable bonds is 3. The van der Waals surface area contributed by atoms with Gasteiger partial charge >= 0.3 is 6.09 Å². The number of hydrogen-bond acceptors (Lipinski definition) is 4. The van der Waals surface area contributed by atoms with Crippen LogP contribution >= 0.6 is 0 Å². The minimum absolute atomic E-state index is 0.154. The number of hydrogen-bond donors (Lipinski definition) is 1. The van der Waals surface area contributed by atoms with Gasteiger partial charge in [-0.3, -0.25) is 0 Å². The predicted molar refractivity (Wildman–Crippen MR) is 99.3 cm³/mol. The van der Waals surface area contributed by atoms with Crippen molar-refractivity contribution in [1.29, 1.82) is 0 Å². The quantitative estimate of drug-likeness (QED) is 0.884. The van der Waals surface area contributed by atoms with Crippen LogP contribution < -0.4 is 10.1 Å². The Morgan fingerprint density at radius 2 is 1.84 bits per heavy atom. The van der Waals surface area contributed by atoms with Crippen molar-refractivity contribution in [2.75, 3.05) is 12.4 Å². The lowest BCUT2D eigenvalue weighted by Crippen LogP contribution is -2.51. The van der Waals surface area contributed by atoms with Crippen LogP contribution in [-0.2, 0) is 4.74 Å². The van der Waals surface area contributed by atoms with Gasteiger partial charge in [0.2, 0.25) is 0 Å². The Morgan fingerprint density at radius 1 is 1.20 bits per heavy atom. The number of benzene rings is 1. The van der Waals surface area contributed by atoms with Crippen LogP contribution in [0.5, 0.6) is 5.75 Å². The first-order valence-electron chi connectivity index (χ1n) is 9.19. The number of fused-ring (bicyclic) bond motifs is 2. The number of carbonyl (C=O) groups excluding carboxylic acids is 1. The average molecular weight is 346 g/mol. The van der Waals surface area contributed by atoms with Crippen LogP contribution in [0.25, 0.3) is 0 Å². The van der Waals surface area contributed by atoms with Crippen molar-refractivity contribution in [3.63, 3.8) is 0 Å². The van der Waals surface area contributed by atoms with Crippen LogP contribution in [0.4, 0.5) is 10.5 Å². The molecule has 1 aromatic rings. The number of anilines is 1. The second-order valence-electron chi connectivity index (χ2n) is 8.27. The van der Waals surface area contributed by atoms with Gasteiger partial charge in [0.05, 0.1) is 7.11 Å². The highest BCUT2D eigenvalue weighted by Gasteiger charge is 2.44. The van der Waals surface area contributed by atoms with E-state index in [0.29, 0.717) is 6.04 Å². The Labute approximate surface area is 150 Å². The molecule has 5 heteroatoms. The topological polar surface area (TPSA) is 50.8 Å². The third kappa shape index (κ3) is 4.02. The van der Waals surface area contributed by atoms with Crippen molar-refractivity contribution in [3.05, 3.63) is 23.8 Å². The lowest BCUT2D eigenvalue weighted by molar-refractivity contribution is 0.00683. The van der Waals surface area contributed by atoms with Gasteiger partial charge in [-0.05, 0) is 77.1 Å². The minimum Gasteiger partial charge on any atom is -0.497 e. The first kappa shape index (κ1) is 17.9. The van der Waals surface area contributed by atoms with E-state index in [1.165, 1.54) is 5.56 Å². The molecule has 1 N–H and O–H groups in total. The number of methoxy groups -OCH3 is 1. The van der Waals surface area contributed by atoms with E-state index in [1.807, 2.05) is 37.8 Å². The molecule has 0 saturated carbocycles. The van der Waals surface area contributed by atoms with Crippen LogP contribution in [0, 0.1) is 6.92 Å². The Morgan fingerprint density at radius 3 is 2.36 bits per heavy atom. The Kier molecular flexibility index (Phi) is 4.85. The fourth-order valence-corrected chi connectivity index (χ4v) is 4.05. The summed E-state index contributed by atoms with van der Waals surface area (Å²) in [7, 11) is 1.69. The first-order valence-corrected chi connectivity index (χ1v) is 9.19. The fourth-order valence-electron chi connectivity index (χ4n) is 4.05. The molecule has 2 fully saturated rings. The van der Waals surface area contributed by atoms with Crippen LogP contribution in [-0.4, -0.2) is 41.8 Å². The van der Waals surface area contributed by atoms with Crippen molar-refractivity contribution in [2.45, 2.75) is 77.1 Å². The van der Waals surface area contributed by atoms with Gasteiger partial charge in [-0.2, -0.15) is 0 Å². The third-order valence-electron chi connectivity index (χ3n) is 5.13. The summed E-state index contributed by atoms with van der Waals surface area (Å²) >= 11 is 0. The molecule has 1 aromatic carbocycles. The van der Waals surface area contributed by atoms with E-state index < -0.39 is 5.60 Å². The van der Waals surface area contributed by atoms with E-state index in [-0.39, 0.29) is 18.2 Å². The SMILES string of the molecule is COc1ccc(NC2CC3CCC(C2)N3C(=O)OC(C)(C)C)c(C)c1. The average Bonchev–Trinajstić information content (AvgIpc) is 2.79. The van der Waals surface area contributed by atoms with Crippen LogP contribution in [0.1, 0.15) is 52.0 Å². The predicted octanol–water partition coefficient (Wildman–Crippen LogP) is 4.35. The molecule has 2 saturated heterocycles. The maximum atomic E-state index is 12.5. The molecule has 0 aliphatic carbocycles. The summed E-state index contributed by atoms with van der Waals surface area (Å²) in [5.74, 6) is 0.878. The molecule has 138 valence electrons. The maximum Gasteiger partial charge on any atom is 0.410 e. The monoisotopic (exact) mass is 346 g/mol. The summed E-state index contributed by atoms with van der Waals surface area (Å²) in [6, 6.07) is 7.07. The number of amides is 1. The van der Waals surface area contributed by atoms with E-state index in [0.717, 1.165) is 37.1 Å². The summed E-state index contributed by atoms with van der Waals surface area (Å²) in [6.07, 6.45) is 3.94. The Hall–Kier alpha value is -1.91. The summed E-state index contributed by atoms with van der Waals surface area (Å²) in [5.41, 5.74) is 1.89. The van der Waals surface area contributed by atoms with E-state index in [4.69, 9.17) is 9.47 Å². The van der Waals surface area contributed by atoms with Gasteiger partial charge in [-0.25, -0.2) is 4.79 Å². The van der Waals surface area contributed by atoms with Gasteiger partial charge in [0, 0.05) is 23.8 Å². The highest BCUT2D eigenvalue weighted by molar-refractivity contribution is 5.70. The summed E-state index contributed by atoms with van der Waals surface area (Å²) in [6.45, 7) is 7.87. The molecule has 3 rings (SSSR count). The molecule has 2 unspecified atom stereocenters. The number of ether oxygens (including phenoxy) is 2. The largest absolute Gasteiger partial charge is 0.497 e. The molecule has 0 spiro atoms. The third-order valence-corrected chi connectivity index (χ3v) is 5.13.